The van der Waals surface area contributed by atoms with Crippen molar-refractivity contribution in [2.24, 2.45) is 0 Å². The number of anilines is 2. The molecule has 1 fully saturated rings. The number of carbonyl (C=O) groups excluding carboxylic acids is 2. The van der Waals surface area contributed by atoms with E-state index in [0.29, 0.717) is 24.3 Å². The summed E-state index contributed by atoms with van der Waals surface area (Å²) in [6, 6.07) is 17.5. The lowest BCUT2D eigenvalue weighted by Gasteiger charge is -2.24. The number of hydrogen-bond acceptors (Lipinski definition) is 4. The third kappa shape index (κ3) is 5.63. The third-order valence-electron chi connectivity index (χ3n) is 5.71. The number of methoxy groups -OCH3 is 1. The first-order valence-corrected chi connectivity index (χ1v) is 11.3. The van der Waals surface area contributed by atoms with Gasteiger partial charge >= 0.3 is 0 Å². The maximum atomic E-state index is 13.5. The summed E-state index contributed by atoms with van der Waals surface area (Å²) >= 11 is 5.63. The Labute approximate surface area is 207 Å². The Balaban J connectivity index is 1.54. The maximum Gasteiger partial charge on any atom is 0.256 e. The maximum absolute atomic E-state index is 13.5. The highest BCUT2D eigenvalue weighted by Crippen LogP contribution is 2.28. The molecule has 0 spiro atoms. The Morgan fingerprint density at radius 2 is 1.57 bits per heavy atom. The van der Waals surface area contributed by atoms with Gasteiger partial charge in [-0.25, -0.2) is 8.78 Å². The molecule has 0 aromatic heterocycles. The first kappa shape index (κ1) is 24.3. The molecule has 3 aromatic rings. The number of halogens is 2. The van der Waals surface area contributed by atoms with Crippen molar-refractivity contribution < 1.29 is 23.1 Å². The van der Waals surface area contributed by atoms with Crippen molar-refractivity contribution in [3.8, 4) is 5.75 Å². The van der Waals surface area contributed by atoms with E-state index in [1.54, 1.807) is 12.0 Å². The molecule has 1 aliphatic rings. The monoisotopic (exact) mass is 495 g/mol. The molecule has 0 aliphatic carbocycles. The van der Waals surface area contributed by atoms with Gasteiger partial charge in [0.1, 0.15) is 23.4 Å². The van der Waals surface area contributed by atoms with E-state index in [9.17, 15) is 18.4 Å². The van der Waals surface area contributed by atoms with Gasteiger partial charge < -0.3 is 15.0 Å². The summed E-state index contributed by atoms with van der Waals surface area (Å²) in [6.45, 7) is 0.392. The van der Waals surface area contributed by atoms with E-state index in [-0.39, 0.29) is 17.4 Å². The predicted octanol–water partition coefficient (Wildman–Crippen LogP) is 4.55. The minimum atomic E-state index is -0.841. The molecule has 0 unspecified atom stereocenters. The van der Waals surface area contributed by atoms with E-state index in [0.717, 1.165) is 11.3 Å². The molecule has 180 valence electrons. The largest absolute Gasteiger partial charge is 0.497 e. The van der Waals surface area contributed by atoms with Crippen LogP contribution in [0.15, 0.2) is 72.8 Å². The average Bonchev–Trinajstić information content (AvgIpc) is 3.08. The van der Waals surface area contributed by atoms with Crippen LogP contribution in [0.4, 0.5) is 20.2 Å². The molecule has 2 amide bonds. The fourth-order valence-corrected chi connectivity index (χ4v) is 4.29. The van der Waals surface area contributed by atoms with Crippen LogP contribution in [-0.2, 0) is 16.0 Å². The number of rotatable bonds is 8. The fourth-order valence-electron chi connectivity index (χ4n) is 3.88. The van der Waals surface area contributed by atoms with Crippen LogP contribution in [0.3, 0.4) is 0 Å². The number of ether oxygens (including phenoxy) is 1. The van der Waals surface area contributed by atoms with E-state index in [1.165, 1.54) is 53.4 Å². The Morgan fingerprint density at radius 3 is 2.17 bits per heavy atom. The second kappa shape index (κ2) is 10.6. The summed E-state index contributed by atoms with van der Waals surface area (Å²) in [5.74, 6) is -0.894. The van der Waals surface area contributed by atoms with Gasteiger partial charge in [-0.15, -0.1) is 0 Å². The van der Waals surface area contributed by atoms with E-state index >= 15 is 0 Å². The molecular weight excluding hydrogens is 472 g/mol. The molecule has 0 saturated carbocycles. The average molecular weight is 496 g/mol. The normalized spacial score (nSPS) is 15.5. The van der Waals surface area contributed by atoms with Crippen molar-refractivity contribution >= 4 is 40.5 Å². The molecule has 1 aliphatic heterocycles. The van der Waals surface area contributed by atoms with Crippen LogP contribution in [0.5, 0.6) is 5.75 Å². The number of benzene rings is 3. The van der Waals surface area contributed by atoms with Crippen molar-refractivity contribution in [3.05, 3.63) is 90.0 Å². The van der Waals surface area contributed by atoms with Gasteiger partial charge in [0.2, 0.25) is 5.91 Å². The second-order valence-corrected chi connectivity index (χ2v) is 8.36. The second-order valence-electron chi connectivity index (χ2n) is 8.00. The highest BCUT2D eigenvalue weighted by Gasteiger charge is 2.43. The molecule has 4 rings (SSSR count). The zero-order valence-electron chi connectivity index (χ0n) is 18.9. The quantitative estimate of drug-likeness (QED) is 0.465. The zero-order valence-corrected chi connectivity index (χ0v) is 19.7. The standard InChI is InChI=1S/C26H23F2N3O3S/c1-34-22-12-2-17(3-13-22)14-15-30-23(16-24(32)29-20-8-4-18(27)5-9-20)25(33)31(26(30)35)21-10-6-19(28)7-11-21/h2-13,23H,14-16H2,1H3,(H,29,32)/t23-/m1/s1. The molecule has 9 heteroatoms. The highest BCUT2D eigenvalue weighted by molar-refractivity contribution is 7.80. The van der Waals surface area contributed by atoms with Crippen molar-refractivity contribution in [2.75, 3.05) is 23.9 Å². The number of hydrogen-bond donors (Lipinski definition) is 1. The summed E-state index contributed by atoms with van der Waals surface area (Å²) in [6.07, 6.45) is 0.418. The van der Waals surface area contributed by atoms with Gasteiger partial charge in [0.05, 0.1) is 19.2 Å². The summed E-state index contributed by atoms with van der Waals surface area (Å²) in [7, 11) is 1.59. The topological polar surface area (TPSA) is 61.9 Å². The first-order chi connectivity index (χ1) is 16.9. The molecule has 0 radical (unpaired) electrons. The van der Waals surface area contributed by atoms with Crippen LogP contribution >= 0.6 is 12.2 Å². The van der Waals surface area contributed by atoms with Crippen molar-refractivity contribution in [1.82, 2.24) is 4.90 Å². The zero-order chi connectivity index (χ0) is 24.9. The van der Waals surface area contributed by atoms with E-state index in [2.05, 4.69) is 5.32 Å². The minimum absolute atomic E-state index is 0.156. The Kier molecular flexibility index (Phi) is 7.36. The SMILES string of the molecule is COc1ccc(CCN2C(=S)N(c3ccc(F)cc3)C(=O)[C@H]2CC(=O)Nc2ccc(F)cc2)cc1. The fraction of sp³-hybridized carbons (Fsp3) is 0.192. The predicted molar refractivity (Wildman–Crippen MR) is 133 cm³/mol. The Morgan fingerprint density at radius 1 is 0.971 bits per heavy atom. The van der Waals surface area contributed by atoms with Gasteiger partial charge in [0, 0.05) is 12.2 Å². The molecule has 6 nitrogen and oxygen atoms in total. The molecular formula is C26H23F2N3O3S. The van der Waals surface area contributed by atoms with Crippen LogP contribution in [0, 0.1) is 11.6 Å². The van der Waals surface area contributed by atoms with Crippen molar-refractivity contribution in [1.29, 1.82) is 0 Å². The molecule has 0 bridgehead atoms. The van der Waals surface area contributed by atoms with Crippen molar-refractivity contribution in [2.45, 2.75) is 18.9 Å². The lowest BCUT2D eigenvalue weighted by Crippen LogP contribution is -2.39. The summed E-state index contributed by atoms with van der Waals surface area (Å²) in [5, 5.41) is 2.94. The summed E-state index contributed by atoms with van der Waals surface area (Å²) < 4.78 is 31.8. The van der Waals surface area contributed by atoms with Crippen LogP contribution < -0.4 is 15.0 Å². The van der Waals surface area contributed by atoms with Gasteiger partial charge in [-0.3, -0.25) is 14.5 Å². The van der Waals surface area contributed by atoms with Gasteiger partial charge in [-0.05, 0) is 84.9 Å². The highest BCUT2D eigenvalue weighted by atomic mass is 32.1. The summed E-state index contributed by atoms with van der Waals surface area (Å²) in [5.41, 5.74) is 1.86. The Hall–Kier alpha value is -3.85. The molecule has 1 N–H and O–H groups in total. The molecule has 1 saturated heterocycles. The van der Waals surface area contributed by atoms with Crippen LogP contribution in [0.25, 0.3) is 0 Å². The molecule has 3 aromatic carbocycles. The van der Waals surface area contributed by atoms with Gasteiger partial charge in [0.25, 0.3) is 5.91 Å². The lowest BCUT2D eigenvalue weighted by molar-refractivity contribution is -0.124. The number of nitrogens with zero attached hydrogens (tertiary/aromatic N) is 2. The van der Waals surface area contributed by atoms with Crippen molar-refractivity contribution in [3.63, 3.8) is 0 Å². The first-order valence-electron chi connectivity index (χ1n) is 10.9. The number of nitrogens with one attached hydrogen (secondary N) is 1. The van der Waals surface area contributed by atoms with Crippen LogP contribution in [0.1, 0.15) is 12.0 Å². The van der Waals surface area contributed by atoms with Gasteiger partial charge in [-0.1, -0.05) is 12.1 Å². The number of amides is 2. The van der Waals surface area contributed by atoms with E-state index in [1.807, 2.05) is 24.3 Å². The smallest absolute Gasteiger partial charge is 0.256 e. The number of carbonyl (C=O) groups is 2. The van der Waals surface area contributed by atoms with E-state index in [4.69, 9.17) is 17.0 Å². The minimum Gasteiger partial charge on any atom is -0.497 e. The Bertz CT molecular complexity index is 1220. The molecule has 1 atom stereocenters. The third-order valence-corrected chi connectivity index (χ3v) is 6.13. The molecule has 35 heavy (non-hydrogen) atoms. The van der Waals surface area contributed by atoms with E-state index < -0.39 is 23.6 Å². The summed E-state index contributed by atoms with van der Waals surface area (Å²) in [4.78, 5) is 29.2. The van der Waals surface area contributed by atoms with Gasteiger partial charge in [0.15, 0.2) is 5.11 Å². The molecule has 1 heterocycles. The number of thiocarbonyl (C=S) groups is 1. The van der Waals surface area contributed by atoms with Gasteiger partial charge in [-0.2, -0.15) is 0 Å². The lowest BCUT2D eigenvalue weighted by atomic mass is 10.1. The van der Waals surface area contributed by atoms with Crippen LogP contribution in [0.2, 0.25) is 0 Å². The van der Waals surface area contributed by atoms with Crippen LogP contribution in [-0.4, -0.2) is 41.5 Å².